The summed E-state index contributed by atoms with van der Waals surface area (Å²) in [6.07, 6.45) is 2.27. The highest BCUT2D eigenvalue weighted by molar-refractivity contribution is 6.30. The quantitative estimate of drug-likeness (QED) is 0.742. The molecule has 1 nitrogen and oxygen atoms in total. The van der Waals surface area contributed by atoms with E-state index in [1.165, 1.54) is 18.6 Å². The molecular formula is C12H17ClFN. The Labute approximate surface area is 95.6 Å². The van der Waals surface area contributed by atoms with Crippen molar-refractivity contribution >= 4 is 17.3 Å². The van der Waals surface area contributed by atoms with Gasteiger partial charge in [0.1, 0.15) is 5.82 Å². The maximum absolute atomic E-state index is 12.9. The van der Waals surface area contributed by atoms with Gasteiger partial charge in [0.2, 0.25) is 0 Å². The second kappa shape index (κ2) is 5.96. The average Bonchev–Trinajstić information content (AvgIpc) is 2.10. The van der Waals surface area contributed by atoms with E-state index in [-0.39, 0.29) is 5.82 Å². The van der Waals surface area contributed by atoms with E-state index in [0.717, 1.165) is 18.7 Å². The van der Waals surface area contributed by atoms with Crippen LogP contribution in [0.25, 0.3) is 0 Å². The van der Waals surface area contributed by atoms with Gasteiger partial charge in [-0.2, -0.15) is 0 Å². The largest absolute Gasteiger partial charge is 0.385 e. The predicted molar refractivity (Wildman–Crippen MR) is 64.0 cm³/mol. The first-order chi connectivity index (χ1) is 7.08. The van der Waals surface area contributed by atoms with Gasteiger partial charge in [-0.3, -0.25) is 0 Å². The second-order valence-electron chi connectivity index (χ2n) is 4.12. The minimum atomic E-state index is -0.297. The van der Waals surface area contributed by atoms with E-state index in [9.17, 15) is 4.39 Å². The van der Waals surface area contributed by atoms with Gasteiger partial charge in [0.05, 0.1) is 0 Å². The molecule has 0 fully saturated rings. The zero-order chi connectivity index (χ0) is 11.3. The zero-order valence-electron chi connectivity index (χ0n) is 9.19. The lowest BCUT2D eigenvalue weighted by Crippen LogP contribution is -2.03. The monoisotopic (exact) mass is 229 g/mol. The third-order valence-corrected chi connectivity index (χ3v) is 2.37. The molecule has 15 heavy (non-hydrogen) atoms. The van der Waals surface area contributed by atoms with Gasteiger partial charge in [0, 0.05) is 17.3 Å². The van der Waals surface area contributed by atoms with Crippen molar-refractivity contribution < 1.29 is 4.39 Å². The van der Waals surface area contributed by atoms with Crippen LogP contribution in [0.1, 0.15) is 26.7 Å². The molecule has 0 radical (unpaired) electrons. The van der Waals surface area contributed by atoms with Crippen molar-refractivity contribution in [3.63, 3.8) is 0 Å². The van der Waals surface area contributed by atoms with E-state index in [4.69, 9.17) is 11.6 Å². The van der Waals surface area contributed by atoms with Crippen LogP contribution in [0, 0.1) is 11.7 Å². The molecule has 1 rings (SSSR count). The van der Waals surface area contributed by atoms with Crippen molar-refractivity contribution in [1.29, 1.82) is 0 Å². The number of halogens is 2. The number of nitrogens with one attached hydrogen (secondary N) is 1. The highest BCUT2D eigenvalue weighted by Gasteiger charge is 1.99. The lowest BCUT2D eigenvalue weighted by Gasteiger charge is -2.08. The summed E-state index contributed by atoms with van der Waals surface area (Å²) in [5, 5.41) is 3.59. The van der Waals surface area contributed by atoms with Crippen molar-refractivity contribution in [2.45, 2.75) is 26.7 Å². The molecule has 0 amide bonds. The van der Waals surface area contributed by atoms with Crippen LogP contribution < -0.4 is 5.32 Å². The van der Waals surface area contributed by atoms with E-state index >= 15 is 0 Å². The molecule has 0 saturated heterocycles. The minimum Gasteiger partial charge on any atom is -0.385 e. The van der Waals surface area contributed by atoms with Crippen LogP contribution in [0.3, 0.4) is 0 Å². The maximum Gasteiger partial charge on any atom is 0.126 e. The average molecular weight is 230 g/mol. The molecule has 3 heteroatoms. The fraction of sp³-hybridized carbons (Fsp3) is 0.500. The minimum absolute atomic E-state index is 0.297. The molecule has 0 unspecified atom stereocenters. The normalized spacial score (nSPS) is 10.7. The number of benzene rings is 1. The summed E-state index contributed by atoms with van der Waals surface area (Å²) >= 11 is 5.73. The van der Waals surface area contributed by atoms with Gasteiger partial charge in [0.15, 0.2) is 0 Å². The van der Waals surface area contributed by atoms with Gasteiger partial charge < -0.3 is 5.32 Å². The molecule has 0 aromatic heterocycles. The Morgan fingerprint density at radius 1 is 1.33 bits per heavy atom. The molecular weight excluding hydrogens is 213 g/mol. The summed E-state index contributed by atoms with van der Waals surface area (Å²) < 4.78 is 12.9. The SMILES string of the molecule is CC(C)CCCNc1cc(F)cc(Cl)c1. The molecule has 0 aliphatic rings. The fourth-order valence-electron chi connectivity index (χ4n) is 1.40. The Morgan fingerprint density at radius 3 is 2.67 bits per heavy atom. The Bertz CT molecular complexity index is 292. The van der Waals surface area contributed by atoms with Gasteiger partial charge in [0.25, 0.3) is 0 Å². The third-order valence-electron chi connectivity index (χ3n) is 2.15. The molecule has 0 aliphatic carbocycles. The lowest BCUT2D eigenvalue weighted by molar-refractivity contribution is 0.567. The van der Waals surface area contributed by atoms with E-state index in [0.29, 0.717) is 10.9 Å². The van der Waals surface area contributed by atoms with Gasteiger partial charge in [-0.25, -0.2) is 4.39 Å². The first-order valence-electron chi connectivity index (χ1n) is 5.28. The number of rotatable bonds is 5. The van der Waals surface area contributed by atoms with Crippen LogP contribution in [0.5, 0.6) is 0 Å². The number of hydrogen-bond donors (Lipinski definition) is 1. The van der Waals surface area contributed by atoms with E-state index < -0.39 is 0 Å². The van der Waals surface area contributed by atoms with Crippen LogP contribution in [-0.4, -0.2) is 6.54 Å². The molecule has 0 aliphatic heterocycles. The van der Waals surface area contributed by atoms with Crippen molar-refractivity contribution in [1.82, 2.24) is 0 Å². The van der Waals surface area contributed by atoms with Crippen molar-refractivity contribution in [3.05, 3.63) is 29.0 Å². The summed E-state index contributed by atoms with van der Waals surface area (Å²) in [5.41, 5.74) is 0.753. The van der Waals surface area contributed by atoms with E-state index in [1.54, 1.807) is 6.07 Å². The highest BCUT2D eigenvalue weighted by atomic mass is 35.5. The van der Waals surface area contributed by atoms with Gasteiger partial charge >= 0.3 is 0 Å². The van der Waals surface area contributed by atoms with Crippen molar-refractivity contribution in [2.24, 2.45) is 5.92 Å². The van der Waals surface area contributed by atoms with Crippen LogP contribution in [0.2, 0.25) is 5.02 Å². The smallest absolute Gasteiger partial charge is 0.126 e. The Kier molecular flexibility index (Phi) is 4.89. The summed E-state index contributed by atoms with van der Waals surface area (Å²) in [5.74, 6) is 0.414. The van der Waals surface area contributed by atoms with Gasteiger partial charge in [-0.15, -0.1) is 0 Å². The number of hydrogen-bond acceptors (Lipinski definition) is 1. The van der Waals surface area contributed by atoms with Crippen LogP contribution >= 0.6 is 11.6 Å². The van der Waals surface area contributed by atoms with Gasteiger partial charge in [-0.05, 0) is 37.0 Å². The molecule has 0 bridgehead atoms. The molecule has 0 saturated carbocycles. The maximum atomic E-state index is 12.9. The molecule has 0 atom stereocenters. The fourth-order valence-corrected chi connectivity index (χ4v) is 1.62. The van der Waals surface area contributed by atoms with Crippen LogP contribution in [0.15, 0.2) is 18.2 Å². The molecule has 0 spiro atoms. The molecule has 0 heterocycles. The van der Waals surface area contributed by atoms with E-state index in [1.807, 2.05) is 0 Å². The zero-order valence-corrected chi connectivity index (χ0v) is 9.94. The Hall–Kier alpha value is -0.760. The summed E-state index contributed by atoms with van der Waals surface area (Å²) in [7, 11) is 0. The first kappa shape index (κ1) is 12.3. The Balaban J connectivity index is 2.37. The Morgan fingerprint density at radius 2 is 2.07 bits per heavy atom. The third kappa shape index (κ3) is 5.03. The predicted octanol–water partition coefficient (Wildman–Crippen LogP) is 4.33. The summed E-state index contributed by atoms with van der Waals surface area (Å²) in [6, 6.07) is 4.50. The molecule has 1 aromatic rings. The topological polar surface area (TPSA) is 12.0 Å². The number of anilines is 1. The van der Waals surface area contributed by atoms with Crippen LogP contribution in [-0.2, 0) is 0 Å². The first-order valence-corrected chi connectivity index (χ1v) is 5.65. The lowest BCUT2D eigenvalue weighted by atomic mass is 10.1. The van der Waals surface area contributed by atoms with Crippen molar-refractivity contribution in [2.75, 3.05) is 11.9 Å². The second-order valence-corrected chi connectivity index (χ2v) is 4.56. The molecule has 84 valence electrons. The van der Waals surface area contributed by atoms with E-state index in [2.05, 4.69) is 19.2 Å². The molecule has 1 aromatic carbocycles. The molecule has 1 N–H and O–H groups in total. The van der Waals surface area contributed by atoms with Gasteiger partial charge in [-0.1, -0.05) is 25.4 Å². The summed E-state index contributed by atoms with van der Waals surface area (Å²) in [4.78, 5) is 0. The highest BCUT2D eigenvalue weighted by Crippen LogP contribution is 2.18. The van der Waals surface area contributed by atoms with Crippen molar-refractivity contribution in [3.8, 4) is 0 Å². The summed E-state index contributed by atoms with van der Waals surface area (Å²) in [6.45, 7) is 5.25. The standard InChI is InChI=1S/C12H17ClFN/c1-9(2)4-3-5-15-12-7-10(13)6-11(14)8-12/h6-9,15H,3-5H2,1-2H3. The van der Waals surface area contributed by atoms with Crippen LogP contribution in [0.4, 0.5) is 10.1 Å².